The molecule has 1 aliphatic rings. The van der Waals surface area contributed by atoms with Gasteiger partial charge >= 0.3 is 0 Å². The Balaban J connectivity index is 1.73. The van der Waals surface area contributed by atoms with Crippen molar-refractivity contribution in [3.8, 4) is 5.75 Å². The zero-order valence-electron chi connectivity index (χ0n) is 9.56. The first-order chi connectivity index (χ1) is 7.86. The van der Waals surface area contributed by atoms with E-state index in [-0.39, 0.29) is 0 Å². The lowest BCUT2D eigenvalue weighted by Gasteiger charge is -2.26. The highest BCUT2D eigenvalue weighted by atomic mass is 16.5. The van der Waals surface area contributed by atoms with E-state index in [2.05, 4.69) is 9.88 Å². The van der Waals surface area contributed by atoms with E-state index in [1.807, 2.05) is 12.1 Å². The summed E-state index contributed by atoms with van der Waals surface area (Å²) in [4.78, 5) is 6.42. The van der Waals surface area contributed by atoms with Crippen LogP contribution in [0.15, 0.2) is 18.3 Å². The van der Waals surface area contributed by atoms with E-state index in [1.54, 1.807) is 6.20 Å². The number of hydrogen-bond donors (Lipinski definition) is 1. The van der Waals surface area contributed by atoms with E-state index >= 15 is 0 Å². The second kappa shape index (κ2) is 5.70. The van der Waals surface area contributed by atoms with Gasteiger partial charge < -0.3 is 10.5 Å². The van der Waals surface area contributed by atoms with Crippen molar-refractivity contribution in [2.24, 2.45) is 0 Å². The second-order valence-electron chi connectivity index (χ2n) is 4.14. The van der Waals surface area contributed by atoms with Crippen LogP contribution in [0.5, 0.6) is 5.75 Å². The topological polar surface area (TPSA) is 51.4 Å². The minimum absolute atomic E-state index is 0.473. The zero-order valence-corrected chi connectivity index (χ0v) is 9.56. The molecule has 4 heteroatoms. The van der Waals surface area contributed by atoms with Gasteiger partial charge in [-0.1, -0.05) is 6.42 Å². The average molecular weight is 221 g/mol. The summed E-state index contributed by atoms with van der Waals surface area (Å²) in [6.07, 6.45) is 5.67. The van der Waals surface area contributed by atoms with Gasteiger partial charge in [-0.25, -0.2) is 4.98 Å². The number of pyridine rings is 1. The molecule has 2 rings (SSSR count). The molecule has 0 bridgehead atoms. The number of hydrogen-bond acceptors (Lipinski definition) is 4. The Morgan fingerprint density at radius 2 is 2.12 bits per heavy atom. The van der Waals surface area contributed by atoms with Crippen LogP contribution in [0.25, 0.3) is 0 Å². The molecule has 16 heavy (non-hydrogen) atoms. The van der Waals surface area contributed by atoms with Gasteiger partial charge in [0, 0.05) is 12.7 Å². The van der Waals surface area contributed by atoms with E-state index in [0.717, 1.165) is 6.54 Å². The monoisotopic (exact) mass is 221 g/mol. The fourth-order valence-electron chi connectivity index (χ4n) is 1.99. The third-order valence-electron chi connectivity index (χ3n) is 2.91. The van der Waals surface area contributed by atoms with Crippen LogP contribution in [0.3, 0.4) is 0 Å². The lowest BCUT2D eigenvalue weighted by molar-refractivity contribution is 0.183. The molecular weight excluding hydrogens is 202 g/mol. The number of piperidine rings is 1. The van der Waals surface area contributed by atoms with Crippen molar-refractivity contribution in [2.45, 2.75) is 19.3 Å². The lowest BCUT2D eigenvalue weighted by atomic mass is 10.1. The van der Waals surface area contributed by atoms with E-state index in [0.29, 0.717) is 18.2 Å². The van der Waals surface area contributed by atoms with Gasteiger partial charge in [-0.3, -0.25) is 4.90 Å². The molecule has 0 amide bonds. The quantitative estimate of drug-likeness (QED) is 0.837. The van der Waals surface area contributed by atoms with Gasteiger partial charge in [-0.05, 0) is 38.1 Å². The molecule has 88 valence electrons. The Kier molecular flexibility index (Phi) is 3.99. The number of aromatic nitrogens is 1. The standard InChI is InChI=1S/C12H19N3O/c13-12-11(5-4-6-14-12)16-10-9-15-7-2-1-3-8-15/h4-6H,1-3,7-10H2,(H2,13,14). The van der Waals surface area contributed by atoms with E-state index < -0.39 is 0 Å². The van der Waals surface area contributed by atoms with Crippen LogP contribution < -0.4 is 10.5 Å². The van der Waals surface area contributed by atoms with Crippen LogP contribution in [0.2, 0.25) is 0 Å². The Morgan fingerprint density at radius 3 is 2.88 bits per heavy atom. The van der Waals surface area contributed by atoms with Crippen molar-refractivity contribution in [2.75, 3.05) is 32.0 Å². The van der Waals surface area contributed by atoms with Gasteiger partial charge in [0.05, 0.1) is 0 Å². The van der Waals surface area contributed by atoms with E-state index in [9.17, 15) is 0 Å². The third-order valence-corrected chi connectivity index (χ3v) is 2.91. The zero-order chi connectivity index (χ0) is 11.2. The van der Waals surface area contributed by atoms with Crippen LogP contribution in [0.4, 0.5) is 5.82 Å². The predicted octanol–water partition coefficient (Wildman–Crippen LogP) is 1.53. The summed E-state index contributed by atoms with van der Waals surface area (Å²) in [5, 5.41) is 0. The summed E-state index contributed by atoms with van der Waals surface area (Å²) in [5.74, 6) is 1.17. The van der Waals surface area contributed by atoms with Crippen LogP contribution in [-0.4, -0.2) is 36.1 Å². The minimum Gasteiger partial charge on any atom is -0.488 e. The molecule has 1 aliphatic heterocycles. The number of likely N-dealkylation sites (tertiary alicyclic amines) is 1. The van der Waals surface area contributed by atoms with Crippen LogP contribution in [0.1, 0.15) is 19.3 Å². The number of nitrogen functional groups attached to an aromatic ring is 1. The van der Waals surface area contributed by atoms with E-state index in [4.69, 9.17) is 10.5 Å². The van der Waals surface area contributed by atoms with Crippen LogP contribution in [-0.2, 0) is 0 Å². The summed E-state index contributed by atoms with van der Waals surface area (Å²) in [6.45, 7) is 4.07. The average Bonchev–Trinajstić information content (AvgIpc) is 2.33. The SMILES string of the molecule is Nc1ncccc1OCCN1CCCCC1. The van der Waals surface area contributed by atoms with Crippen molar-refractivity contribution in [3.63, 3.8) is 0 Å². The molecule has 1 saturated heterocycles. The number of anilines is 1. The van der Waals surface area contributed by atoms with Crippen LogP contribution in [0, 0.1) is 0 Å². The van der Waals surface area contributed by atoms with E-state index in [1.165, 1.54) is 32.4 Å². The van der Waals surface area contributed by atoms with Crippen molar-refractivity contribution >= 4 is 5.82 Å². The molecule has 0 spiro atoms. The number of nitrogens with zero attached hydrogens (tertiary/aromatic N) is 2. The Labute approximate surface area is 96.4 Å². The summed E-state index contributed by atoms with van der Waals surface area (Å²) in [6, 6.07) is 3.70. The minimum atomic E-state index is 0.473. The fraction of sp³-hybridized carbons (Fsp3) is 0.583. The first-order valence-corrected chi connectivity index (χ1v) is 5.92. The predicted molar refractivity (Wildman–Crippen MR) is 64.4 cm³/mol. The van der Waals surface area contributed by atoms with Gasteiger partial charge in [-0.15, -0.1) is 0 Å². The molecule has 0 aromatic carbocycles. The molecule has 0 radical (unpaired) electrons. The normalized spacial score (nSPS) is 17.2. The molecule has 1 aromatic heterocycles. The molecule has 4 nitrogen and oxygen atoms in total. The largest absolute Gasteiger partial charge is 0.488 e. The van der Waals surface area contributed by atoms with Gasteiger partial charge in [0.25, 0.3) is 0 Å². The Morgan fingerprint density at radius 1 is 1.31 bits per heavy atom. The van der Waals surface area contributed by atoms with Crippen molar-refractivity contribution in [1.29, 1.82) is 0 Å². The molecular formula is C12H19N3O. The highest BCUT2D eigenvalue weighted by Crippen LogP contribution is 2.16. The van der Waals surface area contributed by atoms with Crippen molar-refractivity contribution in [3.05, 3.63) is 18.3 Å². The summed E-state index contributed by atoms with van der Waals surface area (Å²) in [7, 11) is 0. The molecule has 0 saturated carbocycles. The van der Waals surface area contributed by atoms with Crippen LogP contribution >= 0.6 is 0 Å². The highest BCUT2D eigenvalue weighted by molar-refractivity contribution is 5.44. The maximum Gasteiger partial charge on any atom is 0.166 e. The molecule has 0 atom stereocenters. The Bertz CT molecular complexity index is 324. The lowest BCUT2D eigenvalue weighted by Crippen LogP contribution is -2.33. The molecule has 0 aliphatic carbocycles. The summed E-state index contributed by atoms with van der Waals surface area (Å²) in [5.41, 5.74) is 5.69. The van der Waals surface area contributed by atoms with Crippen molar-refractivity contribution < 1.29 is 4.74 Å². The number of rotatable bonds is 4. The third kappa shape index (κ3) is 3.10. The molecule has 2 heterocycles. The molecule has 2 N–H and O–H groups in total. The highest BCUT2D eigenvalue weighted by Gasteiger charge is 2.09. The second-order valence-corrected chi connectivity index (χ2v) is 4.14. The van der Waals surface area contributed by atoms with Crippen molar-refractivity contribution in [1.82, 2.24) is 9.88 Å². The first-order valence-electron chi connectivity index (χ1n) is 5.92. The van der Waals surface area contributed by atoms with Gasteiger partial charge in [0.1, 0.15) is 6.61 Å². The van der Waals surface area contributed by atoms with Gasteiger partial charge in [-0.2, -0.15) is 0 Å². The number of nitrogens with two attached hydrogens (primary N) is 1. The first kappa shape index (κ1) is 11.2. The summed E-state index contributed by atoms with van der Waals surface area (Å²) >= 11 is 0. The summed E-state index contributed by atoms with van der Waals surface area (Å²) < 4.78 is 5.61. The maximum absolute atomic E-state index is 5.69. The smallest absolute Gasteiger partial charge is 0.166 e. The number of ether oxygens (including phenoxy) is 1. The maximum atomic E-state index is 5.69. The van der Waals surface area contributed by atoms with Gasteiger partial charge in [0.2, 0.25) is 0 Å². The molecule has 1 fully saturated rings. The van der Waals surface area contributed by atoms with Gasteiger partial charge in [0.15, 0.2) is 11.6 Å². The molecule has 0 unspecified atom stereocenters. The fourth-order valence-corrected chi connectivity index (χ4v) is 1.99. The molecule has 1 aromatic rings. The Hall–Kier alpha value is -1.29.